The van der Waals surface area contributed by atoms with Gasteiger partial charge < -0.3 is 4.57 Å². The number of thiophene rings is 1. The lowest BCUT2D eigenvalue weighted by atomic mass is 10.0. The Morgan fingerprint density at radius 2 is 2.16 bits per heavy atom. The van der Waals surface area contributed by atoms with Crippen LogP contribution in [0, 0.1) is 0 Å². The molecule has 3 aromatic rings. The minimum absolute atomic E-state index is 0.160. The van der Waals surface area contributed by atoms with Crippen LogP contribution in [0.4, 0.5) is 0 Å². The largest absolute Gasteiger partial charge is 0.308 e. The van der Waals surface area contributed by atoms with Crippen molar-refractivity contribution in [2.45, 2.75) is 37.4 Å². The van der Waals surface area contributed by atoms with Gasteiger partial charge in [0, 0.05) is 17.0 Å². The number of carbonyl (C=O) groups excluding carboxylic acids is 1. The van der Waals surface area contributed by atoms with Crippen molar-refractivity contribution in [1.82, 2.24) is 14.8 Å². The molecule has 0 amide bonds. The Hall–Kier alpha value is -1.92. The molecule has 1 aliphatic carbocycles. The summed E-state index contributed by atoms with van der Waals surface area (Å²) in [6.07, 6.45) is 6.15. The number of hydrogen-bond acceptors (Lipinski definition) is 5. The number of thioether (sulfide) groups is 1. The molecule has 4 nitrogen and oxygen atoms in total. The number of rotatable bonds is 7. The number of nitrogens with zero attached hydrogens (tertiary/aromatic N) is 3. The molecular weight excluding hydrogens is 350 g/mol. The molecule has 0 bridgehead atoms. The van der Waals surface area contributed by atoms with Gasteiger partial charge >= 0.3 is 0 Å². The van der Waals surface area contributed by atoms with Gasteiger partial charge in [-0.15, -0.1) is 21.5 Å². The van der Waals surface area contributed by atoms with E-state index in [1.54, 1.807) is 17.7 Å². The number of Topliss-reactive ketones (excluding diaryl/α,β-unsaturated/α-hetero) is 1. The van der Waals surface area contributed by atoms with Gasteiger partial charge in [-0.05, 0) is 54.3 Å². The zero-order chi connectivity index (χ0) is 17.1. The van der Waals surface area contributed by atoms with Gasteiger partial charge in [-0.1, -0.05) is 30.0 Å². The van der Waals surface area contributed by atoms with Crippen LogP contribution in [0.5, 0.6) is 0 Å². The number of carbonyl (C=O) groups is 1. The fraction of sp³-hybridized carbons (Fsp3) is 0.316. The predicted octanol–water partition coefficient (Wildman–Crippen LogP) is 4.05. The zero-order valence-corrected chi connectivity index (χ0v) is 15.5. The summed E-state index contributed by atoms with van der Waals surface area (Å²) in [7, 11) is 0. The van der Waals surface area contributed by atoms with Crippen LogP contribution >= 0.6 is 23.1 Å². The molecule has 128 valence electrons. The summed E-state index contributed by atoms with van der Waals surface area (Å²) in [5.41, 5.74) is 3.56. The predicted molar refractivity (Wildman–Crippen MR) is 102 cm³/mol. The van der Waals surface area contributed by atoms with Gasteiger partial charge in [-0.2, -0.15) is 0 Å². The summed E-state index contributed by atoms with van der Waals surface area (Å²) < 4.78 is 2.03. The lowest BCUT2D eigenvalue weighted by Gasteiger charge is -2.06. The summed E-state index contributed by atoms with van der Waals surface area (Å²) in [6, 6.07) is 10.4. The minimum atomic E-state index is 0.160. The second kappa shape index (κ2) is 7.54. The van der Waals surface area contributed by atoms with Crippen molar-refractivity contribution < 1.29 is 4.79 Å². The van der Waals surface area contributed by atoms with Crippen LogP contribution in [0.1, 0.15) is 32.8 Å². The van der Waals surface area contributed by atoms with Crippen LogP contribution in [0.15, 0.2) is 47.2 Å². The summed E-state index contributed by atoms with van der Waals surface area (Å²) in [6.45, 7) is 0.836. The average Bonchev–Trinajstić information content (AvgIpc) is 3.38. The first-order valence-electron chi connectivity index (χ1n) is 8.47. The molecule has 4 rings (SSSR count). The summed E-state index contributed by atoms with van der Waals surface area (Å²) in [4.78, 5) is 13.9. The van der Waals surface area contributed by atoms with Crippen LogP contribution in [0.25, 0.3) is 0 Å². The zero-order valence-electron chi connectivity index (χ0n) is 13.9. The lowest BCUT2D eigenvalue weighted by molar-refractivity contribution is 0.102. The molecule has 0 saturated heterocycles. The molecule has 25 heavy (non-hydrogen) atoms. The molecule has 0 aliphatic heterocycles. The Morgan fingerprint density at radius 1 is 1.24 bits per heavy atom. The Labute approximate surface area is 155 Å². The molecule has 1 aliphatic rings. The van der Waals surface area contributed by atoms with E-state index in [0.29, 0.717) is 5.75 Å². The van der Waals surface area contributed by atoms with Gasteiger partial charge in [0.05, 0.1) is 5.75 Å². The highest BCUT2D eigenvalue weighted by atomic mass is 32.2. The molecule has 6 heteroatoms. The van der Waals surface area contributed by atoms with E-state index < -0.39 is 0 Å². The van der Waals surface area contributed by atoms with E-state index in [1.165, 1.54) is 34.2 Å². The average molecular weight is 370 g/mol. The molecule has 0 fully saturated rings. The molecule has 0 saturated carbocycles. The van der Waals surface area contributed by atoms with Crippen LogP contribution in [-0.2, 0) is 25.8 Å². The standard InChI is InChI=1S/C19H19N3OS2/c23-18(16-7-6-14-3-1-4-15(14)11-16)12-25-19-21-20-13-22(19)9-8-17-5-2-10-24-17/h2,5-7,10-11,13H,1,3-4,8-9,12H2. The third kappa shape index (κ3) is 3.85. The van der Waals surface area contributed by atoms with Crippen molar-refractivity contribution in [3.63, 3.8) is 0 Å². The number of aromatic nitrogens is 3. The van der Waals surface area contributed by atoms with Gasteiger partial charge in [0.25, 0.3) is 0 Å². The first kappa shape index (κ1) is 16.5. The second-order valence-corrected chi connectivity index (χ2v) is 8.16. The number of fused-ring (bicyclic) bond motifs is 1. The van der Waals surface area contributed by atoms with Crippen molar-refractivity contribution in [2.24, 2.45) is 0 Å². The smallest absolute Gasteiger partial charge is 0.191 e. The SMILES string of the molecule is O=C(CSc1nncn1CCc1cccs1)c1ccc2c(c1)CCC2. The Kier molecular flexibility index (Phi) is 4.99. The van der Waals surface area contributed by atoms with E-state index in [4.69, 9.17) is 0 Å². The Morgan fingerprint density at radius 3 is 3.04 bits per heavy atom. The highest BCUT2D eigenvalue weighted by Gasteiger charge is 2.15. The van der Waals surface area contributed by atoms with Crippen molar-refractivity contribution >= 4 is 28.9 Å². The maximum atomic E-state index is 12.5. The molecule has 0 atom stereocenters. The fourth-order valence-electron chi connectivity index (χ4n) is 3.15. The highest BCUT2D eigenvalue weighted by molar-refractivity contribution is 7.99. The first-order valence-corrected chi connectivity index (χ1v) is 10.3. The molecule has 0 radical (unpaired) electrons. The topological polar surface area (TPSA) is 47.8 Å². The van der Waals surface area contributed by atoms with Gasteiger partial charge in [-0.25, -0.2) is 0 Å². The molecule has 1 aromatic carbocycles. The van der Waals surface area contributed by atoms with Gasteiger partial charge in [0.15, 0.2) is 10.9 Å². The fourth-order valence-corrected chi connectivity index (χ4v) is 4.69. The molecule has 0 N–H and O–H groups in total. The Balaban J connectivity index is 1.36. The van der Waals surface area contributed by atoms with Crippen LogP contribution in [0.2, 0.25) is 0 Å². The van der Waals surface area contributed by atoms with Crippen molar-refractivity contribution in [2.75, 3.05) is 5.75 Å². The first-order chi connectivity index (χ1) is 12.3. The summed E-state index contributed by atoms with van der Waals surface area (Å²) in [5.74, 6) is 0.559. The second-order valence-electron chi connectivity index (χ2n) is 6.19. The number of hydrogen-bond donors (Lipinski definition) is 0. The third-order valence-corrected chi connectivity index (χ3v) is 6.43. The summed E-state index contributed by atoms with van der Waals surface area (Å²) in [5, 5.41) is 11.1. The monoisotopic (exact) mass is 369 g/mol. The number of benzene rings is 1. The maximum absolute atomic E-state index is 12.5. The van der Waals surface area contributed by atoms with E-state index >= 15 is 0 Å². The van der Waals surface area contributed by atoms with Crippen molar-refractivity contribution in [1.29, 1.82) is 0 Å². The van der Waals surface area contributed by atoms with Gasteiger partial charge in [-0.3, -0.25) is 4.79 Å². The van der Waals surface area contributed by atoms with Crippen LogP contribution < -0.4 is 0 Å². The molecular formula is C19H19N3OS2. The third-order valence-electron chi connectivity index (χ3n) is 4.51. The van der Waals surface area contributed by atoms with Gasteiger partial charge in [0.1, 0.15) is 6.33 Å². The lowest BCUT2D eigenvalue weighted by Crippen LogP contribution is -2.06. The van der Waals surface area contributed by atoms with E-state index in [9.17, 15) is 4.79 Å². The molecule has 0 spiro atoms. The van der Waals surface area contributed by atoms with E-state index in [-0.39, 0.29) is 5.78 Å². The van der Waals surface area contributed by atoms with Crippen LogP contribution in [0.3, 0.4) is 0 Å². The van der Waals surface area contributed by atoms with Crippen LogP contribution in [-0.4, -0.2) is 26.3 Å². The number of ketones is 1. The van der Waals surface area contributed by atoms with Crippen molar-refractivity contribution in [3.8, 4) is 0 Å². The molecule has 0 unspecified atom stereocenters. The molecule has 2 heterocycles. The maximum Gasteiger partial charge on any atom is 0.191 e. The molecule has 2 aromatic heterocycles. The normalized spacial score (nSPS) is 13.1. The van der Waals surface area contributed by atoms with E-state index in [0.717, 1.165) is 36.5 Å². The Bertz CT molecular complexity index is 871. The van der Waals surface area contributed by atoms with E-state index in [2.05, 4.69) is 39.8 Å². The minimum Gasteiger partial charge on any atom is -0.308 e. The van der Waals surface area contributed by atoms with Crippen molar-refractivity contribution in [3.05, 3.63) is 63.6 Å². The van der Waals surface area contributed by atoms with E-state index in [1.807, 2.05) is 10.6 Å². The van der Waals surface area contributed by atoms with Gasteiger partial charge in [0.2, 0.25) is 0 Å². The highest BCUT2D eigenvalue weighted by Crippen LogP contribution is 2.24. The quantitative estimate of drug-likeness (QED) is 0.466. The number of aryl methyl sites for hydroxylation is 4. The summed E-state index contributed by atoms with van der Waals surface area (Å²) >= 11 is 3.23.